The maximum absolute atomic E-state index is 4.35. The first-order valence-electron chi connectivity index (χ1n) is 6.44. The second-order valence-corrected chi connectivity index (χ2v) is 4.34. The van der Waals surface area contributed by atoms with Gasteiger partial charge in [-0.05, 0) is 38.4 Å². The smallest absolute Gasteiger partial charge is 0.0404 e. The van der Waals surface area contributed by atoms with Gasteiger partial charge in [0.1, 0.15) is 0 Å². The summed E-state index contributed by atoms with van der Waals surface area (Å²) in [4.78, 5) is 4.35. The highest BCUT2D eigenvalue weighted by molar-refractivity contribution is 5.03. The predicted molar refractivity (Wildman–Crippen MR) is 69.5 cm³/mol. The normalized spacial score (nSPS) is 12.6. The van der Waals surface area contributed by atoms with Gasteiger partial charge >= 0.3 is 0 Å². The molecule has 1 unspecified atom stereocenters. The average Bonchev–Trinajstić information content (AvgIpc) is 2.35. The van der Waals surface area contributed by atoms with E-state index in [-0.39, 0.29) is 0 Å². The van der Waals surface area contributed by atoms with E-state index >= 15 is 0 Å². The summed E-state index contributed by atoms with van der Waals surface area (Å²) in [6.07, 6.45) is 9.43. The fraction of sp³-hybridized carbons (Fsp3) is 0.643. The Morgan fingerprint density at radius 2 is 2.12 bits per heavy atom. The molecule has 0 aliphatic rings. The Hall–Kier alpha value is -0.890. The number of hydrogen-bond donors (Lipinski definition) is 1. The van der Waals surface area contributed by atoms with Crippen LogP contribution < -0.4 is 5.32 Å². The van der Waals surface area contributed by atoms with Crippen molar-refractivity contribution in [2.24, 2.45) is 0 Å². The summed E-state index contributed by atoms with van der Waals surface area (Å²) in [5.74, 6) is 0. The van der Waals surface area contributed by atoms with Gasteiger partial charge in [0.05, 0.1) is 0 Å². The largest absolute Gasteiger partial charge is 0.317 e. The molecule has 90 valence electrons. The fourth-order valence-electron chi connectivity index (χ4n) is 1.94. The predicted octanol–water partition coefficient (Wildman–Crippen LogP) is 3.18. The SMILES string of the molecule is CCCCCC(CCc1ccccn1)NC. The third kappa shape index (κ3) is 5.26. The fourth-order valence-corrected chi connectivity index (χ4v) is 1.94. The van der Waals surface area contributed by atoms with Crippen LogP contribution in [0.4, 0.5) is 0 Å². The summed E-state index contributed by atoms with van der Waals surface area (Å²) in [5.41, 5.74) is 1.21. The van der Waals surface area contributed by atoms with Gasteiger partial charge in [-0.15, -0.1) is 0 Å². The highest BCUT2D eigenvalue weighted by Crippen LogP contribution is 2.09. The lowest BCUT2D eigenvalue weighted by Crippen LogP contribution is -2.25. The second-order valence-electron chi connectivity index (χ2n) is 4.34. The van der Waals surface area contributed by atoms with Crippen LogP contribution in [0.15, 0.2) is 24.4 Å². The van der Waals surface area contributed by atoms with E-state index in [1.807, 2.05) is 12.3 Å². The Morgan fingerprint density at radius 3 is 2.75 bits per heavy atom. The molecule has 0 fully saturated rings. The molecule has 1 rings (SSSR count). The summed E-state index contributed by atoms with van der Waals surface area (Å²) in [6.45, 7) is 2.25. The molecule has 0 spiro atoms. The molecule has 2 nitrogen and oxygen atoms in total. The highest BCUT2D eigenvalue weighted by Gasteiger charge is 2.05. The number of aryl methyl sites for hydroxylation is 1. The van der Waals surface area contributed by atoms with E-state index in [1.54, 1.807) is 0 Å². The van der Waals surface area contributed by atoms with Crippen molar-refractivity contribution in [2.45, 2.75) is 51.5 Å². The van der Waals surface area contributed by atoms with Crippen LogP contribution in [0.2, 0.25) is 0 Å². The van der Waals surface area contributed by atoms with E-state index in [2.05, 4.69) is 36.4 Å². The Bertz CT molecular complexity index is 259. The zero-order valence-electron chi connectivity index (χ0n) is 10.6. The van der Waals surface area contributed by atoms with Crippen LogP contribution in [-0.2, 0) is 6.42 Å². The van der Waals surface area contributed by atoms with Gasteiger partial charge in [0.15, 0.2) is 0 Å². The molecule has 0 saturated carbocycles. The Labute approximate surface area is 99.5 Å². The number of nitrogens with zero attached hydrogens (tertiary/aromatic N) is 1. The first-order chi connectivity index (χ1) is 7.86. The van der Waals surface area contributed by atoms with Gasteiger partial charge in [-0.1, -0.05) is 32.3 Å². The number of unbranched alkanes of at least 4 members (excludes halogenated alkanes) is 2. The molecule has 0 aliphatic carbocycles. The highest BCUT2D eigenvalue weighted by atomic mass is 14.9. The number of pyridine rings is 1. The van der Waals surface area contributed by atoms with Gasteiger partial charge in [0.25, 0.3) is 0 Å². The molecule has 2 heteroatoms. The van der Waals surface area contributed by atoms with E-state index in [0.29, 0.717) is 6.04 Å². The van der Waals surface area contributed by atoms with Gasteiger partial charge in [0.2, 0.25) is 0 Å². The van der Waals surface area contributed by atoms with Gasteiger partial charge in [-0.3, -0.25) is 4.98 Å². The van der Waals surface area contributed by atoms with E-state index in [4.69, 9.17) is 0 Å². The van der Waals surface area contributed by atoms with E-state index < -0.39 is 0 Å². The average molecular weight is 220 g/mol. The molecule has 16 heavy (non-hydrogen) atoms. The first-order valence-corrected chi connectivity index (χ1v) is 6.44. The number of nitrogens with one attached hydrogen (secondary N) is 1. The quantitative estimate of drug-likeness (QED) is 0.681. The summed E-state index contributed by atoms with van der Waals surface area (Å²) in [7, 11) is 2.06. The second kappa shape index (κ2) is 8.28. The minimum absolute atomic E-state index is 0.647. The lowest BCUT2D eigenvalue weighted by atomic mass is 10.0. The Balaban J connectivity index is 2.23. The van der Waals surface area contributed by atoms with Crippen molar-refractivity contribution in [1.29, 1.82) is 0 Å². The topological polar surface area (TPSA) is 24.9 Å². The molecule has 1 N–H and O–H groups in total. The summed E-state index contributed by atoms with van der Waals surface area (Å²) < 4.78 is 0. The molecule has 0 radical (unpaired) electrons. The molecule has 0 amide bonds. The van der Waals surface area contributed by atoms with Crippen molar-refractivity contribution < 1.29 is 0 Å². The van der Waals surface area contributed by atoms with Crippen molar-refractivity contribution in [3.05, 3.63) is 30.1 Å². The maximum atomic E-state index is 4.35. The van der Waals surface area contributed by atoms with E-state index in [9.17, 15) is 0 Å². The lowest BCUT2D eigenvalue weighted by molar-refractivity contribution is 0.463. The zero-order valence-corrected chi connectivity index (χ0v) is 10.6. The van der Waals surface area contributed by atoms with Crippen LogP contribution in [0.5, 0.6) is 0 Å². The summed E-state index contributed by atoms with van der Waals surface area (Å²) >= 11 is 0. The van der Waals surface area contributed by atoms with Crippen LogP contribution in [-0.4, -0.2) is 18.1 Å². The minimum atomic E-state index is 0.647. The Morgan fingerprint density at radius 1 is 1.25 bits per heavy atom. The lowest BCUT2D eigenvalue weighted by Gasteiger charge is -2.15. The zero-order chi connectivity index (χ0) is 11.6. The van der Waals surface area contributed by atoms with Crippen LogP contribution >= 0.6 is 0 Å². The van der Waals surface area contributed by atoms with E-state index in [1.165, 1.54) is 37.8 Å². The maximum Gasteiger partial charge on any atom is 0.0404 e. The molecular weight excluding hydrogens is 196 g/mol. The van der Waals surface area contributed by atoms with Crippen molar-refractivity contribution in [3.63, 3.8) is 0 Å². The summed E-state index contributed by atoms with van der Waals surface area (Å²) in [5, 5.41) is 3.40. The van der Waals surface area contributed by atoms with Gasteiger partial charge in [0, 0.05) is 17.9 Å². The minimum Gasteiger partial charge on any atom is -0.317 e. The summed E-state index contributed by atoms with van der Waals surface area (Å²) in [6, 6.07) is 6.79. The first kappa shape index (κ1) is 13.2. The molecule has 0 aliphatic heterocycles. The third-order valence-corrected chi connectivity index (χ3v) is 3.04. The van der Waals surface area contributed by atoms with Crippen LogP contribution in [0.3, 0.4) is 0 Å². The van der Waals surface area contributed by atoms with E-state index in [0.717, 1.165) is 6.42 Å². The number of rotatable bonds is 8. The van der Waals surface area contributed by atoms with Crippen molar-refractivity contribution >= 4 is 0 Å². The molecule has 1 heterocycles. The molecule has 1 atom stereocenters. The Kier molecular flexibility index (Phi) is 6.82. The van der Waals surface area contributed by atoms with Gasteiger partial charge < -0.3 is 5.32 Å². The third-order valence-electron chi connectivity index (χ3n) is 3.04. The van der Waals surface area contributed by atoms with Gasteiger partial charge in [-0.2, -0.15) is 0 Å². The van der Waals surface area contributed by atoms with Crippen LogP contribution in [0.1, 0.15) is 44.7 Å². The molecule has 0 saturated heterocycles. The standard InChI is InChI=1S/C14H24N2/c1-3-4-5-8-13(15-2)10-11-14-9-6-7-12-16-14/h6-7,9,12-13,15H,3-5,8,10-11H2,1-2H3. The van der Waals surface area contributed by atoms with Crippen molar-refractivity contribution in [3.8, 4) is 0 Å². The molecule has 1 aromatic rings. The number of aromatic nitrogens is 1. The molecule has 1 aromatic heterocycles. The molecule has 0 aromatic carbocycles. The van der Waals surface area contributed by atoms with Crippen LogP contribution in [0, 0.1) is 0 Å². The van der Waals surface area contributed by atoms with Crippen LogP contribution in [0.25, 0.3) is 0 Å². The molecular formula is C14H24N2. The number of hydrogen-bond acceptors (Lipinski definition) is 2. The van der Waals surface area contributed by atoms with Crippen molar-refractivity contribution in [2.75, 3.05) is 7.05 Å². The van der Waals surface area contributed by atoms with Crippen molar-refractivity contribution in [1.82, 2.24) is 10.3 Å². The van der Waals surface area contributed by atoms with Gasteiger partial charge in [-0.25, -0.2) is 0 Å². The monoisotopic (exact) mass is 220 g/mol. The molecule has 0 bridgehead atoms.